The molecule has 2 aliphatic rings. The van der Waals surface area contributed by atoms with Crippen LogP contribution in [0.15, 0.2) is 42.5 Å². The molecule has 0 amide bonds. The van der Waals surface area contributed by atoms with Crippen molar-refractivity contribution in [2.75, 3.05) is 13.7 Å². The Kier molecular flexibility index (Phi) is 7.70. The monoisotopic (exact) mass is 576 g/mol. The lowest BCUT2D eigenvalue weighted by Crippen LogP contribution is -2.43. The average Bonchev–Trinajstić information content (AvgIpc) is 3.48. The summed E-state index contributed by atoms with van der Waals surface area (Å²) in [4.78, 5) is 11.8. The zero-order valence-corrected chi connectivity index (χ0v) is 26.4. The lowest BCUT2D eigenvalue weighted by Gasteiger charge is -2.36. The van der Waals surface area contributed by atoms with Crippen molar-refractivity contribution >= 4 is 14.3 Å². The second-order valence-electron chi connectivity index (χ2n) is 12.9. The summed E-state index contributed by atoms with van der Waals surface area (Å²) in [6.07, 6.45) is 1.31. The maximum atomic E-state index is 15.4. The third kappa shape index (κ3) is 5.61. The summed E-state index contributed by atoms with van der Waals surface area (Å²) in [6.45, 7) is 15.9. The fourth-order valence-electron chi connectivity index (χ4n) is 5.83. The summed E-state index contributed by atoms with van der Waals surface area (Å²) >= 11 is 0. The van der Waals surface area contributed by atoms with Gasteiger partial charge in [0.15, 0.2) is 0 Å². The summed E-state index contributed by atoms with van der Waals surface area (Å²) in [5.74, 6) is 1.70. The summed E-state index contributed by atoms with van der Waals surface area (Å²) in [7, 11) is -0.583. The molecule has 0 radical (unpaired) electrons. The Morgan fingerprint density at radius 2 is 1.76 bits per heavy atom. The van der Waals surface area contributed by atoms with Crippen LogP contribution in [0.4, 0.5) is 4.39 Å². The van der Waals surface area contributed by atoms with Gasteiger partial charge in [-0.15, -0.1) is 0 Å². The number of aryl methyl sites for hydroxylation is 2. The van der Waals surface area contributed by atoms with Gasteiger partial charge < -0.3 is 18.6 Å². The molecule has 218 valence electrons. The van der Waals surface area contributed by atoms with Crippen LogP contribution in [0, 0.1) is 19.7 Å². The number of carbonyl (C=O) groups is 1. The number of carbonyl (C=O) groups excluding carboxylic acids is 1. The van der Waals surface area contributed by atoms with Crippen LogP contribution in [-0.4, -0.2) is 28.0 Å². The first-order chi connectivity index (χ1) is 19.3. The number of halogens is 1. The molecule has 1 aliphatic carbocycles. The van der Waals surface area contributed by atoms with Crippen molar-refractivity contribution in [1.82, 2.24) is 0 Å². The minimum absolute atomic E-state index is 0.0381. The molecule has 41 heavy (non-hydrogen) atoms. The average molecular weight is 577 g/mol. The van der Waals surface area contributed by atoms with Crippen molar-refractivity contribution in [3.8, 4) is 28.4 Å². The first kappa shape index (κ1) is 29.2. The van der Waals surface area contributed by atoms with Crippen LogP contribution < -0.4 is 13.9 Å². The second kappa shape index (κ2) is 10.8. The molecule has 3 aromatic carbocycles. The minimum atomic E-state index is -1.97. The minimum Gasteiger partial charge on any atom is -0.543 e. The van der Waals surface area contributed by atoms with Crippen LogP contribution in [0.1, 0.15) is 73.5 Å². The van der Waals surface area contributed by atoms with Gasteiger partial charge in [-0.25, -0.2) is 4.39 Å². The highest BCUT2D eigenvalue weighted by molar-refractivity contribution is 6.74. The molecule has 0 N–H and O–H groups in total. The highest BCUT2D eigenvalue weighted by Crippen LogP contribution is 2.46. The number of hydrogen-bond donors (Lipinski definition) is 0. The quantitative estimate of drug-likeness (QED) is 0.208. The van der Waals surface area contributed by atoms with E-state index in [1.54, 1.807) is 6.07 Å². The fraction of sp³-hybridized carbons (Fsp3) is 0.441. The molecule has 2 unspecified atom stereocenters. The standard InChI is InChI=1S/C34H41FO5Si/c1-20-15-24(40-41(7,8)34(3,4)5)16-21(2)32(20)26-11-13-28(35)33-27(26)12-14-29(33)39-23-9-10-25-22(17-31(36)37-6)19-38-30(25)18-23/h9-11,13,15-16,18,22,29H,12,14,17,19H2,1-8H3. The van der Waals surface area contributed by atoms with E-state index >= 15 is 4.39 Å². The Hall–Kier alpha value is -3.32. The summed E-state index contributed by atoms with van der Waals surface area (Å²) in [5, 5.41) is 0.107. The van der Waals surface area contributed by atoms with Crippen LogP contribution in [-0.2, 0) is 16.0 Å². The van der Waals surface area contributed by atoms with Gasteiger partial charge in [0.25, 0.3) is 0 Å². The van der Waals surface area contributed by atoms with E-state index in [0.717, 1.165) is 45.6 Å². The number of methoxy groups -OCH3 is 1. The number of ether oxygens (including phenoxy) is 3. The Morgan fingerprint density at radius 1 is 1.05 bits per heavy atom. The predicted octanol–water partition coefficient (Wildman–Crippen LogP) is 8.60. The van der Waals surface area contributed by atoms with Gasteiger partial charge in [0.1, 0.15) is 29.2 Å². The lowest BCUT2D eigenvalue weighted by molar-refractivity contribution is -0.141. The van der Waals surface area contributed by atoms with E-state index in [-0.39, 0.29) is 29.2 Å². The van der Waals surface area contributed by atoms with Gasteiger partial charge in [-0.1, -0.05) is 32.9 Å². The van der Waals surface area contributed by atoms with E-state index in [1.807, 2.05) is 24.3 Å². The predicted molar refractivity (Wildman–Crippen MR) is 162 cm³/mol. The molecule has 7 heteroatoms. The molecule has 0 aromatic heterocycles. The third-order valence-corrected chi connectivity index (χ3v) is 13.4. The number of rotatable bonds is 7. The third-order valence-electron chi connectivity index (χ3n) is 9.02. The van der Waals surface area contributed by atoms with Crippen LogP contribution in [0.3, 0.4) is 0 Å². The van der Waals surface area contributed by atoms with Crippen molar-refractivity contribution in [3.63, 3.8) is 0 Å². The number of fused-ring (bicyclic) bond motifs is 2. The van der Waals surface area contributed by atoms with E-state index in [1.165, 1.54) is 7.11 Å². The Bertz CT molecular complexity index is 1470. The molecule has 0 saturated heterocycles. The van der Waals surface area contributed by atoms with Gasteiger partial charge in [-0.2, -0.15) is 0 Å². The van der Waals surface area contributed by atoms with E-state index in [4.69, 9.17) is 18.6 Å². The number of hydrogen-bond acceptors (Lipinski definition) is 5. The molecule has 0 bridgehead atoms. The lowest BCUT2D eigenvalue weighted by atomic mass is 9.90. The van der Waals surface area contributed by atoms with Crippen LogP contribution in [0.2, 0.25) is 18.1 Å². The topological polar surface area (TPSA) is 54.0 Å². The zero-order chi connectivity index (χ0) is 29.7. The SMILES string of the molecule is COC(=O)CC1COc2cc(OC3CCc4c(-c5c(C)cc(O[Si](C)(C)C(C)(C)C)cc5C)ccc(F)c43)ccc21. The zero-order valence-electron chi connectivity index (χ0n) is 25.4. The van der Waals surface area contributed by atoms with Crippen molar-refractivity contribution in [3.05, 3.63) is 76.1 Å². The Morgan fingerprint density at radius 3 is 2.41 bits per heavy atom. The van der Waals surface area contributed by atoms with Crippen molar-refractivity contribution in [2.45, 2.75) is 84.0 Å². The maximum absolute atomic E-state index is 15.4. The summed E-state index contributed by atoms with van der Waals surface area (Å²) in [6, 6.07) is 13.4. The van der Waals surface area contributed by atoms with Gasteiger partial charge in [-0.05, 0) is 96.9 Å². The van der Waals surface area contributed by atoms with Crippen LogP contribution >= 0.6 is 0 Å². The van der Waals surface area contributed by atoms with Crippen molar-refractivity contribution < 1.29 is 27.8 Å². The fourth-order valence-corrected chi connectivity index (χ4v) is 6.84. The van der Waals surface area contributed by atoms with Gasteiger partial charge in [-0.3, -0.25) is 4.79 Å². The molecule has 0 fully saturated rings. The van der Waals surface area contributed by atoms with Crippen LogP contribution in [0.5, 0.6) is 17.2 Å². The van der Waals surface area contributed by atoms with Crippen molar-refractivity contribution in [2.24, 2.45) is 0 Å². The molecule has 2 atom stereocenters. The summed E-state index contributed by atoms with van der Waals surface area (Å²) in [5.41, 5.74) is 7.04. The van der Waals surface area contributed by atoms with Gasteiger partial charge in [0.05, 0.1) is 20.1 Å². The molecule has 5 nitrogen and oxygen atoms in total. The van der Waals surface area contributed by atoms with E-state index in [9.17, 15) is 4.79 Å². The highest BCUT2D eigenvalue weighted by atomic mass is 28.4. The smallest absolute Gasteiger partial charge is 0.306 e. The second-order valence-corrected chi connectivity index (χ2v) is 17.6. The van der Waals surface area contributed by atoms with E-state index in [0.29, 0.717) is 30.1 Å². The molecule has 0 spiro atoms. The molecule has 0 saturated carbocycles. The highest BCUT2D eigenvalue weighted by Gasteiger charge is 2.39. The van der Waals surface area contributed by atoms with Gasteiger partial charge in [0.2, 0.25) is 8.32 Å². The van der Waals surface area contributed by atoms with Crippen molar-refractivity contribution in [1.29, 1.82) is 0 Å². The van der Waals surface area contributed by atoms with Crippen LogP contribution in [0.25, 0.3) is 11.1 Å². The molecule has 5 rings (SSSR count). The molecule has 1 aliphatic heterocycles. The Labute approximate surface area is 244 Å². The summed E-state index contributed by atoms with van der Waals surface area (Å²) < 4.78 is 39.0. The maximum Gasteiger partial charge on any atom is 0.306 e. The van der Waals surface area contributed by atoms with E-state index in [2.05, 4.69) is 59.8 Å². The molecule has 3 aromatic rings. The first-order valence-electron chi connectivity index (χ1n) is 14.4. The first-order valence-corrected chi connectivity index (χ1v) is 17.3. The van der Waals surface area contributed by atoms with Gasteiger partial charge >= 0.3 is 5.97 Å². The Balaban J connectivity index is 1.41. The largest absolute Gasteiger partial charge is 0.543 e. The molecule has 1 heterocycles. The number of esters is 1. The van der Waals surface area contributed by atoms with E-state index < -0.39 is 14.4 Å². The normalized spacial score (nSPS) is 18.0. The molecular formula is C34H41FO5Si. The van der Waals surface area contributed by atoms with Gasteiger partial charge in [0, 0.05) is 23.1 Å². The molecular weight excluding hydrogens is 535 g/mol. The number of benzene rings is 3.